The largest absolute Gasteiger partial charge is 0.325 e. The standard InChI is InChI=1S/C15H17N3O2/c1-3-15(4-2)13(19)17-14(20)18(15)10-12-7-5-11(9-16)6-8-12/h5-8H,3-4,10H2,1-2H3,(H,17,19,20). The predicted molar refractivity (Wildman–Crippen MR) is 73.6 cm³/mol. The summed E-state index contributed by atoms with van der Waals surface area (Å²) in [4.78, 5) is 25.6. The molecule has 0 unspecified atom stereocenters. The predicted octanol–water partition coefficient (Wildman–Crippen LogP) is 2.17. The molecular formula is C15H17N3O2. The van der Waals surface area contributed by atoms with Crippen LogP contribution in [0.1, 0.15) is 37.8 Å². The van der Waals surface area contributed by atoms with Crippen LogP contribution in [-0.2, 0) is 11.3 Å². The number of carbonyl (C=O) groups excluding carboxylic acids is 2. The van der Waals surface area contributed by atoms with Crippen molar-refractivity contribution < 1.29 is 9.59 Å². The molecule has 2 rings (SSSR count). The first-order valence-corrected chi connectivity index (χ1v) is 6.69. The average Bonchev–Trinajstić information content (AvgIpc) is 2.71. The van der Waals surface area contributed by atoms with Gasteiger partial charge in [-0.15, -0.1) is 0 Å². The van der Waals surface area contributed by atoms with Gasteiger partial charge in [-0.05, 0) is 30.5 Å². The molecular weight excluding hydrogens is 254 g/mol. The van der Waals surface area contributed by atoms with Gasteiger partial charge in [0.05, 0.1) is 11.6 Å². The molecule has 1 aliphatic heterocycles. The number of benzene rings is 1. The molecule has 0 spiro atoms. The van der Waals surface area contributed by atoms with Crippen molar-refractivity contribution in [1.82, 2.24) is 10.2 Å². The van der Waals surface area contributed by atoms with Gasteiger partial charge in [-0.1, -0.05) is 26.0 Å². The Bertz CT molecular complexity index is 568. The van der Waals surface area contributed by atoms with E-state index in [9.17, 15) is 9.59 Å². The first-order chi connectivity index (χ1) is 9.57. The number of nitrogens with zero attached hydrogens (tertiary/aromatic N) is 2. The molecule has 5 nitrogen and oxygen atoms in total. The lowest BCUT2D eigenvalue weighted by Crippen LogP contribution is -2.48. The van der Waals surface area contributed by atoms with E-state index < -0.39 is 5.54 Å². The highest BCUT2D eigenvalue weighted by atomic mass is 16.2. The van der Waals surface area contributed by atoms with E-state index in [1.54, 1.807) is 17.0 Å². The van der Waals surface area contributed by atoms with Crippen LogP contribution in [0.4, 0.5) is 4.79 Å². The van der Waals surface area contributed by atoms with Crippen molar-refractivity contribution in [2.75, 3.05) is 0 Å². The Labute approximate surface area is 118 Å². The van der Waals surface area contributed by atoms with Gasteiger partial charge in [-0.25, -0.2) is 4.79 Å². The molecule has 1 aromatic carbocycles. The van der Waals surface area contributed by atoms with Crippen molar-refractivity contribution in [3.63, 3.8) is 0 Å². The lowest BCUT2D eigenvalue weighted by molar-refractivity contribution is -0.127. The van der Waals surface area contributed by atoms with Crippen molar-refractivity contribution >= 4 is 11.9 Å². The zero-order valence-electron chi connectivity index (χ0n) is 11.6. The summed E-state index contributed by atoms with van der Waals surface area (Å²) in [6.45, 7) is 4.19. The Morgan fingerprint density at radius 2 is 1.80 bits per heavy atom. The van der Waals surface area contributed by atoms with Crippen LogP contribution < -0.4 is 5.32 Å². The molecule has 104 valence electrons. The van der Waals surface area contributed by atoms with Crippen LogP contribution >= 0.6 is 0 Å². The normalized spacial score (nSPS) is 16.9. The lowest BCUT2D eigenvalue weighted by atomic mass is 9.91. The Morgan fingerprint density at radius 3 is 2.30 bits per heavy atom. The number of nitrogens with one attached hydrogen (secondary N) is 1. The summed E-state index contributed by atoms with van der Waals surface area (Å²) in [5.41, 5.74) is 0.721. The zero-order chi connectivity index (χ0) is 14.8. The van der Waals surface area contributed by atoms with Crippen LogP contribution in [0.15, 0.2) is 24.3 Å². The number of urea groups is 1. The second kappa shape index (κ2) is 5.33. The van der Waals surface area contributed by atoms with Crippen molar-refractivity contribution in [3.8, 4) is 6.07 Å². The van der Waals surface area contributed by atoms with Crippen LogP contribution in [-0.4, -0.2) is 22.4 Å². The fourth-order valence-corrected chi connectivity index (χ4v) is 2.64. The minimum atomic E-state index is -0.759. The second-order valence-electron chi connectivity index (χ2n) is 4.89. The maximum atomic E-state index is 12.1. The van der Waals surface area contributed by atoms with E-state index in [1.807, 2.05) is 26.0 Å². The van der Waals surface area contributed by atoms with E-state index in [4.69, 9.17) is 5.26 Å². The van der Waals surface area contributed by atoms with Gasteiger partial charge >= 0.3 is 6.03 Å². The first-order valence-electron chi connectivity index (χ1n) is 6.69. The number of rotatable bonds is 4. The molecule has 0 atom stereocenters. The van der Waals surface area contributed by atoms with E-state index in [-0.39, 0.29) is 11.9 Å². The summed E-state index contributed by atoms with van der Waals surface area (Å²) in [5.74, 6) is -0.221. The van der Waals surface area contributed by atoms with Crippen LogP contribution in [0, 0.1) is 11.3 Å². The molecule has 0 aliphatic carbocycles. The summed E-state index contributed by atoms with van der Waals surface area (Å²) >= 11 is 0. The molecule has 0 bridgehead atoms. The molecule has 1 N–H and O–H groups in total. The molecule has 1 aromatic rings. The second-order valence-corrected chi connectivity index (χ2v) is 4.89. The molecule has 1 heterocycles. The quantitative estimate of drug-likeness (QED) is 0.853. The van der Waals surface area contributed by atoms with Crippen molar-refractivity contribution in [2.24, 2.45) is 0 Å². The Morgan fingerprint density at radius 1 is 1.20 bits per heavy atom. The van der Waals surface area contributed by atoms with E-state index >= 15 is 0 Å². The molecule has 0 radical (unpaired) electrons. The Hall–Kier alpha value is -2.35. The molecule has 5 heteroatoms. The molecule has 3 amide bonds. The van der Waals surface area contributed by atoms with E-state index in [1.165, 1.54) is 0 Å². The van der Waals surface area contributed by atoms with Gasteiger partial charge in [-0.2, -0.15) is 5.26 Å². The zero-order valence-corrected chi connectivity index (χ0v) is 11.6. The van der Waals surface area contributed by atoms with Gasteiger partial charge in [0, 0.05) is 6.54 Å². The topological polar surface area (TPSA) is 73.2 Å². The number of hydrogen-bond donors (Lipinski definition) is 1. The fraction of sp³-hybridized carbons (Fsp3) is 0.400. The minimum Gasteiger partial charge on any atom is -0.305 e. The van der Waals surface area contributed by atoms with E-state index in [2.05, 4.69) is 11.4 Å². The highest BCUT2D eigenvalue weighted by molar-refractivity contribution is 6.06. The van der Waals surface area contributed by atoms with Gasteiger partial charge in [-0.3, -0.25) is 10.1 Å². The molecule has 0 aromatic heterocycles. The third-order valence-electron chi connectivity index (χ3n) is 4.00. The van der Waals surface area contributed by atoms with Crippen LogP contribution in [0.3, 0.4) is 0 Å². The maximum absolute atomic E-state index is 12.1. The molecule has 1 saturated heterocycles. The highest BCUT2D eigenvalue weighted by Crippen LogP contribution is 2.30. The number of carbonyl (C=O) groups is 2. The van der Waals surface area contributed by atoms with Gasteiger partial charge in [0.25, 0.3) is 5.91 Å². The molecule has 20 heavy (non-hydrogen) atoms. The van der Waals surface area contributed by atoms with E-state index in [0.29, 0.717) is 24.9 Å². The smallest absolute Gasteiger partial charge is 0.305 e. The van der Waals surface area contributed by atoms with Gasteiger partial charge in [0.2, 0.25) is 0 Å². The fourth-order valence-electron chi connectivity index (χ4n) is 2.64. The highest BCUT2D eigenvalue weighted by Gasteiger charge is 2.50. The third-order valence-corrected chi connectivity index (χ3v) is 4.00. The monoisotopic (exact) mass is 271 g/mol. The minimum absolute atomic E-state index is 0.221. The van der Waals surface area contributed by atoms with Crippen molar-refractivity contribution in [1.29, 1.82) is 5.26 Å². The molecule has 0 saturated carbocycles. The van der Waals surface area contributed by atoms with Crippen LogP contribution in [0.25, 0.3) is 0 Å². The number of imide groups is 1. The molecule has 1 aliphatic rings. The van der Waals surface area contributed by atoms with Gasteiger partial charge in [0.1, 0.15) is 5.54 Å². The first kappa shape index (κ1) is 14.1. The Kier molecular flexibility index (Phi) is 3.75. The number of hydrogen-bond acceptors (Lipinski definition) is 3. The molecule has 1 fully saturated rings. The maximum Gasteiger partial charge on any atom is 0.325 e. The van der Waals surface area contributed by atoms with E-state index in [0.717, 1.165) is 5.56 Å². The summed E-state index contributed by atoms with van der Waals surface area (Å²) in [5, 5.41) is 11.2. The average molecular weight is 271 g/mol. The lowest BCUT2D eigenvalue weighted by Gasteiger charge is -2.33. The van der Waals surface area contributed by atoms with Crippen LogP contribution in [0.5, 0.6) is 0 Å². The van der Waals surface area contributed by atoms with Crippen LogP contribution in [0.2, 0.25) is 0 Å². The summed E-state index contributed by atoms with van der Waals surface area (Å²) in [6, 6.07) is 8.76. The number of amides is 3. The number of nitriles is 1. The van der Waals surface area contributed by atoms with Crippen molar-refractivity contribution in [3.05, 3.63) is 35.4 Å². The summed E-state index contributed by atoms with van der Waals surface area (Å²) < 4.78 is 0. The summed E-state index contributed by atoms with van der Waals surface area (Å²) in [6.07, 6.45) is 1.16. The van der Waals surface area contributed by atoms with Crippen molar-refractivity contribution in [2.45, 2.75) is 38.8 Å². The van der Waals surface area contributed by atoms with Gasteiger partial charge in [0.15, 0.2) is 0 Å². The Balaban J connectivity index is 2.28. The SMILES string of the molecule is CCC1(CC)C(=O)NC(=O)N1Cc1ccc(C#N)cc1. The summed E-state index contributed by atoms with van der Waals surface area (Å²) in [7, 11) is 0. The third kappa shape index (κ3) is 2.14. The van der Waals surface area contributed by atoms with Gasteiger partial charge < -0.3 is 4.90 Å².